The highest BCUT2D eigenvalue weighted by atomic mass is 16.3. The van der Waals surface area contributed by atoms with Gasteiger partial charge in [0.25, 0.3) is 0 Å². The Kier molecular flexibility index (Phi) is 11.1. The number of hydrogen-bond acceptors (Lipinski definition) is 3. The summed E-state index contributed by atoms with van der Waals surface area (Å²) in [6.45, 7) is 13.8. The molecule has 4 atom stereocenters. The Morgan fingerprint density at radius 2 is 1.67 bits per heavy atom. The molecule has 0 radical (unpaired) electrons. The van der Waals surface area contributed by atoms with E-state index in [0.717, 1.165) is 12.8 Å². The zero-order valence-electron chi connectivity index (χ0n) is 16.8. The van der Waals surface area contributed by atoms with Gasteiger partial charge in [-0.3, -0.25) is 9.59 Å². The molecular weight excluding hydrogens is 300 g/mol. The van der Waals surface area contributed by atoms with Gasteiger partial charge in [-0.25, -0.2) is 0 Å². The highest BCUT2D eigenvalue weighted by molar-refractivity contribution is 5.83. The summed E-state index contributed by atoms with van der Waals surface area (Å²) in [5.41, 5.74) is 1.17. The summed E-state index contributed by atoms with van der Waals surface area (Å²) in [5.74, 6) is 0.119. The molecule has 3 nitrogen and oxygen atoms in total. The molecule has 0 fully saturated rings. The van der Waals surface area contributed by atoms with E-state index in [1.54, 1.807) is 6.92 Å². The van der Waals surface area contributed by atoms with Crippen LogP contribution in [0, 0.1) is 23.7 Å². The predicted molar refractivity (Wildman–Crippen MR) is 101 cm³/mol. The molecule has 0 heterocycles. The number of hydrogen-bond donors (Lipinski definition) is 1. The Labute approximate surface area is 148 Å². The van der Waals surface area contributed by atoms with Crippen molar-refractivity contribution in [1.29, 1.82) is 0 Å². The molecule has 24 heavy (non-hydrogen) atoms. The van der Waals surface area contributed by atoms with E-state index in [9.17, 15) is 14.7 Å². The topological polar surface area (TPSA) is 54.4 Å². The Morgan fingerprint density at radius 3 is 2.08 bits per heavy atom. The molecule has 0 rings (SSSR count). The first kappa shape index (κ1) is 23.0. The monoisotopic (exact) mass is 338 g/mol. The Morgan fingerprint density at radius 1 is 1.08 bits per heavy atom. The minimum atomic E-state index is -0.664. The van der Waals surface area contributed by atoms with Gasteiger partial charge in [-0.15, -0.1) is 0 Å². The average Bonchev–Trinajstić information content (AvgIpc) is 2.50. The number of carbonyl (C=O) groups is 2. The smallest absolute Gasteiger partial charge is 0.138 e. The van der Waals surface area contributed by atoms with Crippen LogP contribution in [0.15, 0.2) is 11.6 Å². The number of rotatable bonds is 12. The molecule has 0 saturated heterocycles. The molecule has 4 unspecified atom stereocenters. The van der Waals surface area contributed by atoms with Gasteiger partial charge in [0, 0.05) is 18.3 Å². The maximum Gasteiger partial charge on any atom is 0.138 e. The van der Waals surface area contributed by atoms with E-state index >= 15 is 0 Å². The second kappa shape index (κ2) is 11.6. The zero-order chi connectivity index (χ0) is 18.9. The van der Waals surface area contributed by atoms with E-state index < -0.39 is 12.0 Å². The Hall–Kier alpha value is -0.960. The van der Waals surface area contributed by atoms with Crippen LogP contribution in [0.2, 0.25) is 0 Å². The Bertz CT molecular complexity index is 419. The molecule has 0 saturated carbocycles. The summed E-state index contributed by atoms with van der Waals surface area (Å²) in [6, 6.07) is 0. The maximum atomic E-state index is 12.7. The maximum absolute atomic E-state index is 12.7. The molecule has 0 aromatic carbocycles. The van der Waals surface area contributed by atoms with E-state index in [2.05, 4.69) is 19.9 Å². The standard InChI is InChI=1S/C21H38O3/c1-8-16(6)21(24)19(20(23)12-10-15(4)5)13-18(17(7)22)11-9-14(2)3/h9,15-16,18-19,21,24H,8,10-13H2,1-7H3. The van der Waals surface area contributed by atoms with Crippen molar-refractivity contribution in [2.45, 2.75) is 86.7 Å². The van der Waals surface area contributed by atoms with Crippen molar-refractivity contribution in [2.24, 2.45) is 23.7 Å². The summed E-state index contributed by atoms with van der Waals surface area (Å²) in [4.78, 5) is 24.7. The van der Waals surface area contributed by atoms with Crippen LogP contribution < -0.4 is 0 Å². The average molecular weight is 339 g/mol. The lowest BCUT2D eigenvalue weighted by Crippen LogP contribution is -2.36. The van der Waals surface area contributed by atoms with E-state index in [-0.39, 0.29) is 23.4 Å². The van der Waals surface area contributed by atoms with Gasteiger partial charge in [-0.2, -0.15) is 0 Å². The highest BCUT2D eigenvalue weighted by Gasteiger charge is 2.32. The number of allylic oxidation sites excluding steroid dienone is 2. The van der Waals surface area contributed by atoms with Crippen molar-refractivity contribution in [1.82, 2.24) is 0 Å². The quantitative estimate of drug-likeness (QED) is 0.511. The van der Waals surface area contributed by atoms with E-state index in [1.807, 2.05) is 27.7 Å². The molecule has 0 aliphatic rings. The van der Waals surface area contributed by atoms with Crippen LogP contribution in [0.25, 0.3) is 0 Å². The second-order valence-electron chi connectivity index (χ2n) is 7.94. The van der Waals surface area contributed by atoms with Crippen LogP contribution in [0.5, 0.6) is 0 Å². The first-order valence-electron chi connectivity index (χ1n) is 9.44. The lowest BCUT2D eigenvalue weighted by molar-refractivity contribution is -0.130. The highest BCUT2D eigenvalue weighted by Crippen LogP contribution is 2.28. The largest absolute Gasteiger partial charge is 0.392 e. The summed E-state index contributed by atoms with van der Waals surface area (Å²) in [6.07, 6.45) is 4.65. The van der Waals surface area contributed by atoms with Crippen LogP contribution in [-0.2, 0) is 9.59 Å². The van der Waals surface area contributed by atoms with Crippen molar-refractivity contribution < 1.29 is 14.7 Å². The van der Waals surface area contributed by atoms with E-state index in [0.29, 0.717) is 25.2 Å². The van der Waals surface area contributed by atoms with Gasteiger partial charge < -0.3 is 5.11 Å². The third-order valence-electron chi connectivity index (χ3n) is 4.94. The lowest BCUT2D eigenvalue weighted by atomic mass is 9.78. The molecule has 0 spiro atoms. The van der Waals surface area contributed by atoms with Gasteiger partial charge in [0.2, 0.25) is 0 Å². The number of carbonyl (C=O) groups excluding carboxylic acids is 2. The van der Waals surface area contributed by atoms with Crippen molar-refractivity contribution in [3.05, 3.63) is 11.6 Å². The van der Waals surface area contributed by atoms with Crippen molar-refractivity contribution >= 4 is 11.6 Å². The molecule has 0 aliphatic carbocycles. The lowest BCUT2D eigenvalue weighted by Gasteiger charge is -2.29. The van der Waals surface area contributed by atoms with Crippen LogP contribution in [-0.4, -0.2) is 22.8 Å². The molecule has 0 aromatic heterocycles. The van der Waals surface area contributed by atoms with Crippen molar-refractivity contribution in [3.63, 3.8) is 0 Å². The summed E-state index contributed by atoms with van der Waals surface area (Å²) >= 11 is 0. The number of aliphatic hydroxyl groups is 1. The molecule has 1 N–H and O–H groups in total. The molecule has 3 heteroatoms. The van der Waals surface area contributed by atoms with E-state index in [4.69, 9.17) is 0 Å². The number of ketones is 2. The fraction of sp³-hybridized carbons (Fsp3) is 0.810. The van der Waals surface area contributed by atoms with Gasteiger partial charge in [0.1, 0.15) is 11.6 Å². The van der Waals surface area contributed by atoms with Crippen LogP contribution >= 0.6 is 0 Å². The van der Waals surface area contributed by atoms with Gasteiger partial charge in [-0.1, -0.05) is 45.8 Å². The van der Waals surface area contributed by atoms with Crippen LogP contribution in [0.4, 0.5) is 0 Å². The fourth-order valence-corrected chi connectivity index (χ4v) is 2.83. The third-order valence-corrected chi connectivity index (χ3v) is 4.94. The van der Waals surface area contributed by atoms with E-state index in [1.165, 1.54) is 5.57 Å². The minimum absolute atomic E-state index is 0.0639. The minimum Gasteiger partial charge on any atom is -0.392 e. The first-order valence-corrected chi connectivity index (χ1v) is 9.44. The number of Topliss-reactive ketones (excluding diaryl/α,β-unsaturated/α-hetero) is 2. The normalized spacial score (nSPS) is 16.4. The van der Waals surface area contributed by atoms with Crippen LogP contribution in [0.3, 0.4) is 0 Å². The predicted octanol–water partition coefficient (Wildman–Crippen LogP) is 4.97. The molecule has 0 aromatic rings. The van der Waals surface area contributed by atoms with Crippen molar-refractivity contribution in [3.8, 4) is 0 Å². The van der Waals surface area contributed by atoms with Gasteiger partial charge in [-0.05, 0) is 51.9 Å². The molecule has 0 bridgehead atoms. The molecular formula is C21H38O3. The number of aliphatic hydroxyl groups excluding tert-OH is 1. The van der Waals surface area contributed by atoms with Gasteiger partial charge in [0.15, 0.2) is 0 Å². The van der Waals surface area contributed by atoms with Crippen molar-refractivity contribution in [2.75, 3.05) is 0 Å². The molecule has 140 valence electrons. The third kappa shape index (κ3) is 8.77. The first-order chi connectivity index (χ1) is 11.1. The SMILES string of the molecule is CCC(C)C(O)C(CC(CC=C(C)C)C(C)=O)C(=O)CCC(C)C. The second-order valence-corrected chi connectivity index (χ2v) is 7.94. The fourth-order valence-electron chi connectivity index (χ4n) is 2.83. The molecule has 0 amide bonds. The summed E-state index contributed by atoms with van der Waals surface area (Å²) < 4.78 is 0. The molecule has 0 aliphatic heterocycles. The van der Waals surface area contributed by atoms with Gasteiger partial charge in [0.05, 0.1) is 6.10 Å². The Balaban J connectivity index is 5.23. The van der Waals surface area contributed by atoms with Crippen LogP contribution in [0.1, 0.15) is 80.6 Å². The summed E-state index contributed by atoms with van der Waals surface area (Å²) in [5, 5.41) is 10.7. The summed E-state index contributed by atoms with van der Waals surface area (Å²) in [7, 11) is 0. The zero-order valence-corrected chi connectivity index (χ0v) is 16.8. The van der Waals surface area contributed by atoms with Gasteiger partial charge >= 0.3 is 0 Å².